The summed E-state index contributed by atoms with van der Waals surface area (Å²) in [6.07, 6.45) is 1.15. The van der Waals surface area contributed by atoms with Crippen LogP contribution in [0.3, 0.4) is 0 Å². The Balaban J connectivity index is 0.000000502. The van der Waals surface area contributed by atoms with Crippen molar-refractivity contribution in [2.75, 3.05) is 0 Å². The van der Waals surface area contributed by atoms with Crippen LogP contribution in [0.1, 0.15) is 56.9 Å². The molecule has 0 saturated carbocycles. The Kier molecular flexibility index (Phi) is 12.1. The molecule has 0 N–H and O–H groups in total. The highest BCUT2D eigenvalue weighted by atomic mass is 28.4. The van der Waals surface area contributed by atoms with Crippen LogP contribution >= 0.6 is 0 Å². The second-order valence-electron chi connectivity index (χ2n) is 11.4. The number of aryl methyl sites for hydroxylation is 3. The Labute approximate surface area is 190 Å². The minimum atomic E-state index is -1.55. The quantitative estimate of drug-likeness (QED) is 0.419. The summed E-state index contributed by atoms with van der Waals surface area (Å²) in [5.41, 5.74) is 6.21. The predicted molar refractivity (Wildman–Crippen MR) is 142 cm³/mol. The second kappa shape index (κ2) is 12.6. The molecule has 0 aliphatic rings. The molecule has 0 aliphatic carbocycles. The minimum Gasteiger partial charge on any atom is -0.455 e. The topological polar surface area (TPSA) is 9.23 Å². The molecule has 0 unspecified atom stereocenters. The Morgan fingerprint density at radius 1 is 0.700 bits per heavy atom. The summed E-state index contributed by atoms with van der Waals surface area (Å²) in [5.74, 6) is 0. The molecule has 2 aromatic rings. The summed E-state index contributed by atoms with van der Waals surface area (Å²) in [7, 11) is -2.95. The normalized spacial score (nSPS) is 11.7. The fourth-order valence-electron chi connectivity index (χ4n) is 3.14. The van der Waals surface area contributed by atoms with E-state index < -0.39 is 16.6 Å². The van der Waals surface area contributed by atoms with Crippen LogP contribution < -0.4 is 0 Å². The molecule has 0 fully saturated rings. The molecule has 0 aliphatic heterocycles. The van der Waals surface area contributed by atoms with Crippen molar-refractivity contribution < 1.29 is 4.12 Å². The smallest absolute Gasteiger partial charge is 0.177 e. The highest BCUT2D eigenvalue weighted by molar-refractivity contribution is 6.83. The van der Waals surface area contributed by atoms with E-state index in [2.05, 4.69) is 130 Å². The number of hydrogen-bond donors (Lipinski definition) is 0. The zero-order valence-electron chi connectivity index (χ0n) is 21.9. The van der Waals surface area contributed by atoms with E-state index in [0.717, 1.165) is 12.5 Å². The van der Waals surface area contributed by atoms with Crippen LogP contribution in [-0.4, -0.2) is 16.6 Å². The molecule has 0 atom stereocenters. The van der Waals surface area contributed by atoms with E-state index in [9.17, 15) is 0 Å². The van der Waals surface area contributed by atoms with Gasteiger partial charge in [0.15, 0.2) is 16.6 Å². The van der Waals surface area contributed by atoms with Crippen molar-refractivity contribution in [1.82, 2.24) is 0 Å². The fraction of sp³-hybridized carbons (Fsp3) is 0.556. The van der Waals surface area contributed by atoms with Gasteiger partial charge in [-0.1, -0.05) is 83.1 Å². The molecule has 1 nitrogen and oxygen atoms in total. The molecule has 2 rings (SSSR count). The maximum absolute atomic E-state index is 6.36. The first-order valence-corrected chi connectivity index (χ1v) is 17.9. The van der Waals surface area contributed by atoms with Crippen molar-refractivity contribution in [3.63, 3.8) is 0 Å². The third kappa shape index (κ3) is 15.6. The zero-order chi connectivity index (χ0) is 23.6. The summed E-state index contributed by atoms with van der Waals surface area (Å²) < 4.78 is 6.36. The Morgan fingerprint density at radius 3 is 1.37 bits per heavy atom. The number of benzene rings is 2. The average Bonchev–Trinajstić information content (AvgIpc) is 2.54. The standard InChI is InChI=1S/C13H24OSi2.C9H12.C5H12/c1-12-9-7-8-10-13(12)11-16(5,6)14-15(2,3)4;1-3-9-7-5-4-6-8(9)2;1-5(2,3)4/h7-10H,11H2,1-6H3;4-7H,3H2,1-2H3;1-4H3. The third-order valence-corrected chi connectivity index (χ3v) is 9.99. The van der Waals surface area contributed by atoms with Crippen molar-refractivity contribution >= 4 is 16.6 Å². The minimum absolute atomic E-state index is 0.500. The van der Waals surface area contributed by atoms with E-state index >= 15 is 0 Å². The lowest BCUT2D eigenvalue weighted by atomic mass is 10.0. The van der Waals surface area contributed by atoms with Crippen LogP contribution in [0.25, 0.3) is 0 Å². The SMILES string of the molecule is CC(C)(C)C.CCc1ccccc1C.Cc1ccccc1C[Si](C)(C)O[Si](C)(C)C. The monoisotopic (exact) mass is 444 g/mol. The lowest BCUT2D eigenvalue weighted by Crippen LogP contribution is -2.44. The van der Waals surface area contributed by atoms with E-state index in [4.69, 9.17) is 4.12 Å². The molecular formula is C27H48OSi2. The fourth-order valence-corrected chi connectivity index (χ4v) is 11.4. The van der Waals surface area contributed by atoms with Gasteiger partial charge in [0.25, 0.3) is 0 Å². The van der Waals surface area contributed by atoms with Gasteiger partial charge < -0.3 is 4.12 Å². The third-order valence-electron chi connectivity index (χ3n) is 4.10. The summed E-state index contributed by atoms with van der Waals surface area (Å²) in [4.78, 5) is 0. The van der Waals surface area contributed by atoms with Crippen LogP contribution in [0.15, 0.2) is 48.5 Å². The van der Waals surface area contributed by atoms with E-state index in [1.807, 2.05) is 0 Å². The van der Waals surface area contributed by atoms with Crippen molar-refractivity contribution in [2.24, 2.45) is 5.41 Å². The van der Waals surface area contributed by atoms with Crippen molar-refractivity contribution in [3.05, 3.63) is 70.8 Å². The van der Waals surface area contributed by atoms with Gasteiger partial charge in [-0.05, 0) is 86.7 Å². The summed E-state index contributed by atoms with van der Waals surface area (Å²) in [6.45, 7) is 26.8. The molecule has 0 heterocycles. The van der Waals surface area contributed by atoms with Gasteiger partial charge >= 0.3 is 0 Å². The number of rotatable bonds is 5. The first-order valence-electron chi connectivity index (χ1n) is 11.3. The van der Waals surface area contributed by atoms with Crippen LogP contribution in [0, 0.1) is 19.3 Å². The van der Waals surface area contributed by atoms with Gasteiger partial charge in [0.05, 0.1) is 0 Å². The van der Waals surface area contributed by atoms with Gasteiger partial charge in [-0.2, -0.15) is 0 Å². The van der Waals surface area contributed by atoms with E-state index in [-0.39, 0.29) is 0 Å². The lowest BCUT2D eigenvalue weighted by Gasteiger charge is -2.32. The highest BCUT2D eigenvalue weighted by Gasteiger charge is 2.30. The zero-order valence-corrected chi connectivity index (χ0v) is 23.9. The molecular weight excluding hydrogens is 396 g/mol. The Hall–Kier alpha value is -1.17. The van der Waals surface area contributed by atoms with Crippen LogP contribution in [-0.2, 0) is 16.6 Å². The molecule has 0 spiro atoms. The van der Waals surface area contributed by atoms with Crippen LogP contribution in [0.4, 0.5) is 0 Å². The Morgan fingerprint density at radius 2 is 1.07 bits per heavy atom. The first-order chi connectivity index (χ1) is 13.5. The van der Waals surface area contributed by atoms with Gasteiger partial charge in [-0.15, -0.1) is 0 Å². The van der Waals surface area contributed by atoms with Gasteiger partial charge in [-0.25, -0.2) is 0 Å². The van der Waals surface area contributed by atoms with Crippen molar-refractivity contribution in [3.8, 4) is 0 Å². The molecule has 3 heteroatoms. The average molecular weight is 445 g/mol. The molecule has 30 heavy (non-hydrogen) atoms. The largest absolute Gasteiger partial charge is 0.455 e. The first kappa shape index (κ1) is 28.8. The van der Waals surface area contributed by atoms with Crippen molar-refractivity contribution in [2.45, 2.75) is 93.7 Å². The van der Waals surface area contributed by atoms with E-state index in [1.54, 1.807) is 0 Å². The van der Waals surface area contributed by atoms with E-state index in [0.29, 0.717) is 5.41 Å². The van der Waals surface area contributed by atoms with Gasteiger partial charge in [-0.3, -0.25) is 0 Å². The van der Waals surface area contributed by atoms with Crippen LogP contribution in [0.5, 0.6) is 0 Å². The van der Waals surface area contributed by atoms with E-state index in [1.165, 1.54) is 22.3 Å². The highest BCUT2D eigenvalue weighted by Crippen LogP contribution is 2.20. The molecule has 2 aromatic carbocycles. The summed E-state index contributed by atoms with van der Waals surface area (Å²) >= 11 is 0. The summed E-state index contributed by atoms with van der Waals surface area (Å²) in [6, 6.07) is 18.3. The number of hydrogen-bond acceptors (Lipinski definition) is 1. The van der Waals surface area contributed by atoms with Gasteiger partial charge in [0.2, 0.25) is 0 Å². The lowest BCUT2D eigenvalue weighted by molar-refractivity contribution is 0.469. The molecule has 0 aromatic heterocycles. The molecule has 170 valence electrons. The van der Waals surface area contributed by atoms with Gasteiger partial charge in [0, 0.05) is 0 Å². The molecule has 0 bridgehead atoms. The van der Waals surface area contributed by atoms with Gasteiger partial charge in [0.1, 0.15) is 0 Å². The predicted octanol–water partition coefficient (Wildman–Crippen LogP) is 8.74. The summed E-state index contributed by atoms with van der Waals surface area (Å²) in [5, 5.41) is 0. The Bertz CT molecular complexity index is 731. The molecule has 0 saturated heterocycles. The maximum atomic E-state index is 6.36. The molecule has 0 amide bonds. The van der Waals surface area contributed by atoms with Crippen molar-refractivity contribution in [1.29, 1.82) is 0 Å². The maximum Gasteiger partial charge on any atom is 0.177 e. The second-order valence-corrected chi connectivity index (χ2v) is 20.3. The molecule has 0 radical (unpaired) electrons. The van der Waals surface area contributed by atoms with Crippen LogP contribution in [0.2, 0.25) is 32.7 Å².